The number of aromatic nitrogens is 1. The Morgan fingerprint density at radius 1 is 1.18 bits per heavy atom. The highest BCUT2D eigenvalue weighted by Crippen LogP contribution is 2.31. The lowest BCUT2D eigenvalue weighted by Crippen LogP contribution is -2.57. The van der Waals surface area contributed by atoms with Crippen molar-refractivity contribution in [3.05, 3.63) is 48.6 Å². The molecule has 2 aromatic heterocycles. The number of pyridine rings is 1. The minimum Gasteiger partial charge on any atom is -0.468 e. The molecule has 2 aliphatic rings. The number of hydrogen-bond donors (Lipinski definition) is 1. The third kappa shape index (κ3) is 3.42. The molecule has 1 N–H and O–H groups in total. The van der Waals surface area contributed by atoms with Gasteiger partial charge in [0.2, 0.25) is 11.9 Å². The van der Waals surface area contributed by atoms with Gasteiger partial charge in [0.1, 0.15) is 17.6 Å². The molecule has 0 aliphatic carbocycles. The van der Waals surface area contributed by atoms with Gasteiger partial charge in [0.15, 0.2) is 5.92 Å². The molecule has 2 aliphatic heterocycles. The summed E-state index contributed by atoms with van der Waals surface area (Å²) in [5.74, 6) is -0.320. The van der Waals surface area contributed by atoms with Gasteiger partial charge >= 0.3 is 5.97 Å². The number of ether oxygens (including phenoxy) is 1. The van der Waals surface area contributed by atoms with Gasteiger partial charge in [-0.1, -0.05) is 6.07 Å². The third-order valence-corrected chi connectivity index (χ3v) is 4.94. The Labute approximate surface area is 162 Å². The molecule has 4 rings (SSSR count). The van der Waals surface area contributed by atoms with E-state index in [1.807, 2.05) is 23.1 Å². The number of piperazine rings is 1. The molecule has 1 fully saturated rings. The zero-order valence-corrected chi connectivity index (χ0v) is 15.4. The minimum absolute atomic E-state index is 0.439. The van der Waals surface area contributed by atoms with Crippen LogP contribution in [0.25, 0.3) is 0 Å². The lowest BCUT2D eigenvalue weighted by atomic mass is 9.95. The van der Waals surface area contributed by atoms with Crippen LogP contribution in [0.2, 0.25) is 0 Å². The highest BCUT2D eigenvalue weighted by molar-refractivity contribution is 6.08. The predicted molar refractivity (Wildman–Crippen MR) is 101 cm³/mol. The number of guanidine groups is 1. The van der Waals surface area contributed by atoms with E-state index in [0.717, 1.165) is 18.9 Å². The van der Waals surface area contributed by atoms with Gasteiger partial charge in [-0.05, 0) is 24.3 Å². The highest BCUT2D eigenvalue weighted by Gasteiger charge is 2.43. The Morgan fingerprint density at radius 3 is 2.61 bits per heavy atom. The maximum Gasteiger partial charge on any atom is 0.320 e. The summed E-state index contributed by atoms with van der Waals surface area (Å²) in [6.07, 6.45) is 3.27. The lowest BCUT2D eigenvalue weighted by Gasteiger charge is -2.39. The summed E-state index contributed by atoms with van der Waals surface area (Å²) in [4.78, 5) is 38.0. The van der Waals surface area contributed by atoms with Crippen molar-refractivity contribution in [1.82, 2.24) is 15.2 Å². The third-order valence-electron chi connectivity index (χ3n) is 4.94. The molecule has 0 unspecified atom stereocenters. The number of esters is 1. The number of amides is 1. The molecule has 4 heterocycles. The van der Waals surface area contributed by atoms with Crippen LogP contribution in [0.1, 0.15) is 11.8 Å². The number of carbonyl (C=O) groups is 2. The summed E-state index contributed by atoms with van der Waals surface area (Å²) in [6, 6.07) is 8.49. The Balaban J connectivity index is 1.53. The van der Waals surface area contributed by atoms with E-state index >= 15 is 0 Å². The number of furan rings is 1. The van der Waals surface area contributed by atoms with Crippen molar-refractivity contribution >= 4 is 23.7 Å². The number of carbonyl (C=O) groups excluding carboxylic acids is 2. The van der Waals surface area contributed by atoms with Gasteiger partial charge in [-0.2, -0.15) is 0 Å². The summed E-state index contributed by atoms with van der Waals surface area (Å²) >= 11 is 0. The van der Waals surface area contributed by atoms with Crippen LogP contribution in [-0.4, -0.2) is 61.0 Å². The van der Waals surface area contributed by atoms with Crippen molar-refractivity contribution in [2.24, 2.45) is 10.9 Å². The second-order valence-corrected chi connectivity index (χ2v) is 6.57. The lowest BCUT2D eigenvalue weighted by molar-refractivity contribution is -0.151. The molecule has 1 amide bonds. The second kappa shape index (κ2) is 7.71. The molecule has 0 bridgehead atoms. The molecule has 2 aromatic rings. The van der Waals surface area contributed by atoms with Crippen LogP contribution in [0.5, 0.6) is 0 Å². The van der Waals surface area contributed by atoms with Crippen molar-refractivity contribution < 1.29 is 18.7 Å². The van der Waals surface area contributed by atoms with E-state index in [2.05, 4.69) is 20.2 Å². The fraction of sp³-hybridized carbons (Fsp3) is 0.368. The number of rotatable bonds is 3. The molecular formula is C19H21N5O4. The number of hydrogen-bond acceptors (Lipinski definition) is 8. The summed E-state index contributed by atoms with van der Waals surface area (Å²) < 4.78 is 10.2. The maximum absolute atomic E-state index is 12.7. The standard InChI is InChI=1S/C19H21N5O4/c1-27-18(26)15-16(13-5-4-12-28-13)21-19(22-17(15)25)24-10-8-23(9-11-24)14-6-2-3-7-20-14/h2-7,12,15-16H,8-11H2,1H3,(H,21,22,25)/t15-,16-/m0/s1. The van der Waals surface area contributed by atoms with Crippen molar-refractivity contribution in [1.29, 1.82) is 0 Å². The van der Waals surface area contributed by atoms with Crippen LogP contribution >= 0.6 is 0 Å². The SMILES string of the molecule is COC(=O)[C@@H]1C(=O)NC(N2CCN(c3ccccn3)CC2)=N[C@H]1c1ccco1. The monoisotopic (exact) mass is 383 g/mol. The number of nitrogens with one attached hydrogen (secondary N) is 1. The molecule has 9 nitrogen and oxygen atoms in total. The van der Waals surface area contributed by atoms with Gasteiger partial charge in [-0.25, -0.2) is 9.98 Å². The summed E-state index contributed by atoms with van der Waals surface area (Å²) in [7, 11) is 1.25. The Morgan fingerprint density at radius 2 is 1.96 bits per heavy atom. The topological polar surface area (TPSA) is 100 Å². The van der Waals surface area contributed by atoms with Gasteiger partial charge in [-0.15, -0.1) is 0 Å². The first-order valence-corrected chi connectivity index (χ1v) is 9.08. The van der Waals surface area contributed by atoms with Gasteiger partial charge in [0, 0.05) is 32.4 Å². The van der Waals surface area contributed by atoms with Crippen molar-refractivity contribution in [2.75, 3.05) is 38.2 Å². The van der Waals surface area contributed by atoms with Gasteiger partial charge in [0.05, 0.1) is 13.4 Å². The first kappa shape index (κ1) is 18.0. The Kier molecular flexibility index (Phi) is 4.96. The minimum atomic E-state index is -1.07. The number of methoxy groups -OCH3 is 1. The quantitative estimate of drug-likeness (QED) is 0.618. The highest BCUT2D eigenvalue weighted by atomic mass is 16.5. The van der Waals surface area contributed by atoms with Crippen LogP contribution in [0.15, 0.2) is 52.2 Å². The molecule has 28 heavy (non-hydrogen) atoms. The number of anilines is 1. The molecule has 0 spiro atoms. The van der Waals surface area contributed by atoms with Gasteiger partial charge < -0.3 is 19.0 Å². The predicted octanol–water partition coefficient (Wildman–Crippen LogP) is 0.813. The van der Waals surface area contributed by atoms with E-state index in [1.54, 1.807) is 18.3 Å². The normalized spacial score (nSPS) is 22.5. The van der Waals surface area contributed by atoms with E-state index in [4.69, 9.17) is 9.15 Å². The smallest absolute Gasteiger partial charge is 0.320 e. The van der Waals surface area contributed by atoms with Crippen LogP contribution in [0.4, 0.5) is 5.82 Å². The van der Waals surface area contributed by atoms with Crippen LogP contribution in [-0.2, 0) is 14.3 Å². The number of aliphatic imine (C=N–C) groups is 1. The number of nitrogens with zero attached hydrogens (tertiary/aromatic N) is 4. The first-order valence-electron chi connectivity index (χ1n) is 9.08. The first-order chi connectivity index (χ1) is 13.7. The van der Waals surface area contributed by atoms with Gasteiger partial charge in [0.25, 0.3) is 0 Å². The molecule has 0 aromatic carbocycles. The zero-order valence-electron chi connectivity index (χ0n) is 15.4. The second-order valence-electron chi connectivity index (χ2n) is 6.57. The molecular weight excluding hydrogens is 362 g/mol. The van der Waals surface area contributed by atoms with Crippen LogP contribution in [0.3, 0.4) is 0 Å². The van der Waals surface area contributed by atoms with E-state index in [9.17, 15) is 9.59 Å². The molecule has 0 saturated carbocycles. The summed E-state index contributed by atoms with van der Waals surface area (Å²) in [5, 5.41) is 2.76. The van der Waals surface area contributed by atoms with E-state index < -0.39 is 23.8 Å². The fourth-order valence-corrected chi connectivity index (χ4v) is 3.47. The summed E-state index contributed by atoms with van der Waals surface area (Å²) in [6.45, 7) is 2.84. The van der Waals surface area contributed by atoms with E-state index in [0.29, 0.717) is 24.8 Å². The van der Waals surface area contributed by atoms with E-state index in [1.165, 1.54) is 13.4 Å². The average molecular weight is 383 g/mol. The Bertz CT molecular complexity index is 860. The van der Waals surface area contributed by atoms with Crippen molar-refractivity contribution in [3.8, 4) is 0 Å². The summed E-state index contributed by atoms with van der Waals surface area (Å²) in [5.41, 5.74) is 0. The van der Waals surface area contributed by atoms with E-state index in [-0.39, 0.29) is 0 Å². The molecule has 1 saturated heterocycles. The van der Waals surface area contributed by atoms with Crippen LogP contribution in [0, 0.1) is 5.92 Å². The van der Waals surface area contributed by atoms with Crippen molar-refractivity contribution in [3.63, 3.8) is 0 Å². The van der Waals surface area contributed by atoms with Crippen LogP contribution < -0.4 is 10.2 Å². The molecule has 2 atom stereocenters. The average Bonchev–Trinajstić information content (AvgIpc) is 3.28. The molecule has 146 valence electrons. The molecule has 9 heteroatoms. The Hall–Kier alpha value is -3.36. The zero-order chi connectivity index (χ0) is 19.5. The molecule has 0 radical (unpaired) electrons. The maximum atomic E-state index is 12.7. The fourth-order valence-electron chi connectivity index (χ4n) is 3.47. The van der Waals surface area contributed by atoms with Gasteiger partial charge in [-0.3, -0.25) is 14.9 Å². The van der Waals surface area contributed by atoms with Crippen molar-refractivity contribution in [2.45, 2.75) is 6.04 Å². The largest absolute Gasteiger partial charge is 0.468 e.